The van der Waals surface area contributed by atoms with Gasteiger partial charge in [0, 0.05) is 7.05 Å². The smallest absolute Gasteiger partial charge is 0.458 e. The number of nitrogens with one attached hydrogen (secondary N) is 1. The first kappa shape index (κ1) is 18.7. The van der Waals surface area contributed by atoms with Crippen LogP contribution >= 0.6 is 0 Å². The summed E-state index contributed by atoms with van der Waals surface area (Å²) in [7, 11) is 1.01. The first-order chi connectivity index (χ1) is 9.93. The second-order valence-corrected chi connectivity index (χ2v) is 6.48. The van der Waals surface area contributed by atoms with Crippen molar-refractivity contribution >= 4 is 11.9 Å². The number of likely N-dealkylation sites (N-methyl/N-ethyl adjacent to an activating group) is 1. The van der Waals surface area contributed by atoms with Crippen molar-refractivity contribution in [2.75, 3.05) is 20.1 Å². The summed E-state index contributed by atoms with van der Waals surface area (Å²) in [5, 5.41) is 3.08. The molecule has 22 heavy (non-hydrogen) atoms. The van der Waals surface area contributed by atoms with Crippen LogP contribution in [0.15, 0.2) is 0 Å². The number of halogens is 3. The van der Waals surface area contributed by atoms with Crippen LogP contribution in [-0.4, -0.2) is 54.7 Å². The van der Waals surface area contributed by atoms with Crippen LogP contribution in [-0.2, 0) is 14.3 Å². The number of piperidine rings is 1. The zero-order valence-electron chi connectivity index (χ0n) is 13.3. The average molecular weight is 324 g/mol. The molecule has 0 spiro atoms. The summed E-state index contributed by atoms with van der Waals surface area (Å²) in [5.74, 6) is -3.17. The van der Waals surface area contributed by atoms with E-state index < -0.39 is 29.7 Å². The van der Waals surface area contributed by atoms with E-state index in [1.807, 2.05) is 0 Å². The van der Waals surface area contributed by atoms with E-state index in [1.165, 1.54) is 0 Å². The molecule has 0 aromatic heterocycles. The third kappa shape index (κ3) is 5.15. The number of amides is 1. The van der Waals surface area contributed by atoms with E-state index in [2.05, 4.69) is 5.32 Å². The zero-order valence-corrected chi connectivity index (χ0v) is 13.3. The molecule has 0 saturated carbocycles. The predicted molar refractivity (Wildman–Crippen MR) is 74.1 cm³/mol. The lowest BCUT2D eigenvalue weighted by Crippen LogP contribution is -2.54. The number of hydrogen-bond acceptors (Lipinski definition) is 4. The number of rotatable bonds is 3. The van der Waals surface area contributed by atoms with Crippen molar-refractivity contribution < 1.29 is 27.5 Å². The van der Waals surface area contributed by atoms with Crippen LogP contribution in [0.25, 0.3) is 0 Å². The Morgan fingerprint density at radius 3 is 2.09 bits per heavy atom. The number of esters is 1. The Hall–Kier alpha value is -1.31. The maximum atomic E-state index is 12.7. The Kier molecular flexibility index (Phi) is 5.83. The molecule has 0 bridgehead atoms. The average Bonchev–Trinajstić information content (AvgIpc) is 2.36. The molecule has 1 heterocycles. The summed E-state index contributed by atoms with van der Waals surface area (Å²) in [6.07, 6.45) is -3.99. The maximum Gasteiger partial charge on any atom is 0.471 e. The highest BCUT2D eigenvalue weighted by molar-refractivity contribution is 5.87. The van der Waals surface area contributed by atoms with Crippen molar-refractivity contribution in [2.45, 2.75) is 51.4 Å². The first-order valence-electron chi connectivity index (χ1n) is 7.21. The summed E-state index contributed by atoms with van der Waals surface area (Å²) in [5.41, 5.74) is -0.829. The highest BCUT2D eigenvalue weighted by atomic mass is 19.4. The van der Waals surface area contributed by atoms with Crippen LogP contribution in [0.5, 0.6) is 0 Å². The van der Waals surface area contributed by atoms with Crippen LogP contribution in [0.4, 0.5) is 13.2 Å². The third-order valence-corrected chi connectivity index (χ3v) is 3.46. The Balaban J connectivity index is 2.99. The van der Waals surface area contributed by atoms with Gasteiger partial charge in [-0.2, -0.15) is 13.2 Å². The van der Waals surface area contributed by atoms with Gasteiger partial charge in [-0.25, -0.2) is 4.79 Å². The number of carbonyl (C=O) groups excluding carboxylic acids is 2. The Bertz CT molecular complexity index is 413. The molecule has 0 aromatic rings. The molecule has 0 radical (unpaired) electrons. The quantitative estimate of drug-likeness (QED) is 0.803. The fourth-order valence-corrected chi connectivity index (χ4v) is 2.52. The second kappa shape index (κ2) is 6.85. The van der Waals surface area contributed by atoms with E-state index in [9.17, 15) is 22.8 Å². The molecule has 1 fully saturated rings. The third-order valence-electron chi connectivity index (χ3n) is 3.46. The molecule has 0 aliphatic carbocycles. The topological polar surface area (TPSA) is 58.6 Å². The lowest BCUT2D eigenvalue weighted by atomic mass is 9.89. The normalized spacial score (nSPS) is 18.7. The molecule has 1 atom stereocenters. The fourth-order valence-electron chi connectivity index (χ4n) is 2.52. The van der Waals surface area contributed by atoms with Crippen molar-refractivity contribution in [3.63, 3.8) is 0 Å². The van der Waals surface area contributed by atoms with E-state index in [0.29, 0.717) is 30.8 Å². The summed E-state index contributed by atoms with van der Waals surface area (Å²) >= 11 is 0. The molecule has 0 aromatic carbocycles. The molecule has 1 rings (SSSR count). The summed E-state index contributed by atoms with van der Waals surface area (Å²) in [6.45, 7) is 6.10. The van der Waals surface area contributed by atoms with E-state index in [1.54, 1.807) is 20.8 Å². The van der Waals surface area contributed by atoms with E-state index in [4.69, 9.17) is 4.74 Å². The van der Waals surface area contributed by atoms with Crippen molar-refractivity contribution in [1.82, 2.24) is 10.2 Å². The highest BCUT2D eigenvalue weighted by Crippen LogP contribution is 2.27. The van der Waals surface area contributed by atoms with Gasteiger partial charge < -0.3 is 15.0 Å². The monoisotopic (exact) mass is 324 g/mol. The van der Waals surface area contributed by atoms with E-state index in [-0.39, 0.29) is 5.92 Å². The molecule has 128 valence electrons. The van der Waals surface area contributed by atoms with Crippen LogP contribution in [0, 0.1) is 5.92 Å². The van der Waals surface area contributed by atoms with Gasteiger partial charge in [-0.1, -0.05) is 0 Å². The van der Waals surface area contributed by atoms with Gasteiger partial charge in [0.2, 0.25) is 0 Å². The number of hydrogen-bond donors (Lipinski definition) is 1. The van der Waals surface area contributed by atoms with Gasteiger partial charge >= 0.3 is 18.1 Å². The standard InChI is InChI=1S/C14H23F3N2O3/c1-13(2,3)22-11(20)10(9-5-7-18-8-6-9)19(4)12(21)14(15,16)17/h9-10,18H,5-8H2,1-4H3. The maximum absolute atomic E-state index is 12.7. The van der Waals surface area contributed by atoms with Gasteiger partial charge in [-0.05, 0) is 52.6 Å². The molecule has 8 heteroatoms. The molecule has 1 aliphatic rings. The summed E-state index contributed by atoms with van der Waals surface area (Å²) in [6, 6.07) is -1.23. The molecular formula is C14H23F3N2O3. The number of ether oxygens (including phenoxy) is 1. The summed E-state index contributed by atoms with van der Waals surface area (Å²) < 4.78 is 43.2. The summed E-state index contributed by atoms with van der Waals surface area (Å²) in [4.78, 5) is 24.3. The van der Waals surface area contributed by atoms with Gasteiger partial charge in [-0.15, -0.1) is 0 Å². The largest absolute Gasteiger partial charge is 0.471 e. The molecular weight excluding hydrogens is 301 g/mol. The minimum atomic E-state index is -5.01. The first-order valence-corrected chi connectivity index (χ1v) is 7.21. The SMILES string of the molecule is CN(C(=O)C(F)(F)F)C(C(=O)OC(C)(C)C)C1CCNCC1. The van der Waals surface area contributed by atoms with Crippen molar-refractivity contribution in [3.05, 3.63) is 0 Å². The van der Waals surface area contributed by atoms with Crippen molar-refractivity contribution in [3.8, 4) is 0 Å². The van der Waals surface area contributed by atoms with Crippen molar-refractivity contribution in [1.29, 1.82) is 0 Å². The molecule has 5 nitrogen and oxygen atoms in total. The van der Waals surface area contributed by atoms with Crippen LogP contribution in [0.2, 0.25) is 0 Å². The fraction of sp³-hybridized carbons (Fsp3) is 0.857. The molecule has 1 aliphatic heterocycles. The van der Waals surface area contributed by atoms with E-state index in [0.717, 1.165) is 7.05 Å². The Morgan fingerprint density at radius 1 is 1.18 bits per heavy atom. The van der Waals surface area contributed by atoms with Crippen LogP contribution in [0.3, 0.4) is 0 Å². The van der Waals surface area contributed by atoms with Gasteiger partial charge in [0.1, 0.15) is 11.6 Å². The lowest BCUT2D eigenvalue weighted by Gasteiger charge is -2.36. The van der Waals surface area contributed by atoms with Crippen LogP contribution < -0.4 is 5.32 Å². The lowest BCUT2D eigenvalue weighted by molar-refractivity contribution is -0.192. The predicted octanol–water partition coefficient (Wildman–Crippen LogP) is 1.72. The number of nitrogens with zero attached hydrogens (tertiary/aromatic N) is 1. The second-order valence-electron chi connectivity index (χ2n) is 6.48. The minimum Gasteiger partial charge on any atom is -0.458 e. The van der Waals surface area contributed by atoms with E-state index >= 15 is 0 Å². The highest BCUT2D eigenvalue weighted by Gasteiger charge is 2.47. The Labute approximate surface area is 128 Å². The number of carbonyl (C=O) groups is 2. The zero-order chi connectivity index (χ0) is 17.1. The van der Waals surface area contributed by atoms with Crippen LogP contribution in [0.1, 0.15) is 33.6 Å². The van der Waals surface area contributed by atoms with Crippen molar-refractivity contribution in [2.24, 2.45) is 5.92 Å². The van der Waals surface area contributed by atoms with Gasteiger partial charge in [0.25, 0.3) is 0 Å². The van der Waals surface area contributed by atoms with Gasteiger partial charge in [0.15, 0.2) is 0 Å². The number of alkyl halides is 3. The molecule has 1 unspecified atom stereocenters. The van der Waals surface area contributed by atoms with Gasteiger partial charge in [0.05, 0.1) is 0 Å². The van der Waals surface area contributed by atoms with Gasteiger partial charge in [-0.3, -0.25) is 4.79 Å². The molecule has 1 amide bonds. The molecule has 1 saturated heterocycles. The molecule has 1 N–H and O–H groups in total. The Morgan fingerprint density at radius 2 is 1.68 bits per heavy atom. The minimum absolute atomic E-state index is 0.354.